The van der Waals surface area contributed by atoms with Gasteiger partial charge in [0.25, 0.3) is 11.8 Å². The van der Waals surface area contributed by atoms with Crippen LogP contribution in [0.3, 0.4) is 0 Å². The maximum atomic E-state index is 11.8. The maximum absolute atomic E-state index is 11.8. The molecule has 1 saturated heterocycles. The Balaban J connectivity index is 1.91. The monoisotopic (exact) mass is 231 g/mol. The van der Waals surface area contributed by atoms with E-state index in [4.69, 9.17) is 0 Å². The largest absolute Gasteiger partial charge is 0.380 e. The zero-order valence-electron chi connectivity index (χ0n) is 9.49. The Morgan fingerprint density at radius 2 is 1.94 bits per heavy atom. The Kier molecular flexibility index (Phi) is 2.16. The van der Waals surface area contributed by atoms with Gasteiger partial charge in [-0.2, -0.15) is 0 Å². The highest BCUT2D eigenvalue weighted by molar-refractivity contribution is 6.21. The van der Waals surface area contributed by atoms with Crippen molar-refractivity contribution in [2.45, 2.75) is 6.04 Å². The third-order valence-electron chi connectivity index (χ3n) is 3.24. The van der Waals surface area contributed by atoms with Gasteiger partial charge in [-0.25, -0.2) is 0 Å². The summed E-state index contributed by atoms with van der Waals surface area (Å²) in [5.74, 6) is -0.442. The maximum Gasteiger partial charge on any atom is 0.261 e. The van der Waals surface area contributed by atoms with E-state index in [0.29, 0.717) is 17.2 Å². The van der Waals surface area contributed by atoms with Gasteiger partial charge in [-0.3, -0.25) is 14.5 Å². The average Bonchev–Trinajstić information content (AvgIpc) is 2.49. The Labute approximate surface area is 98.8 Å². The molecule has 2 aliphatic heterocycles. The van der Waals surface area contributed by atoms with Crippen LogP contribution in [0.15, 0.2) is 18.2 Å². The molecule has 0 aromatic heterocycles. The Morgan fingerprint density at radius 3 is 2.59 bits per heavy atom. The van der Waals surface area contributed by atoms with Crippen molar-refractivity contribution in [2.24, 2.45) is 0 Å². The minimum Gasteiger partial charge on any atom is -0.380 e. The zero-order valence-corrected chi connectivity index (χ0v) is 9.49. The molecule has 0 atom stereocenters. The average molecular weight is 231 g/mol. The molecule has 5 nitrogen and oxygen atoms in total. The number of anilines is 1. The van der Waals surface area contributed by atoms with E-state index in [0.717, 1.165) is 23.7 Å². The first-order valence-corrected chi connectivity index (χ1v) is 5.60. The zero-order chi connectivity index (χ0) is 12.0. The molecule has 5 heteroatoms. The standard InChI is InChI=1S/C12H13N3O2/c1-15-11(16)9-3-2-7(4-10(9)12(15)17)14-8-5-13-6-8/h2-4,8,13-14H,5-6H2,1H3. The molecule has 17 heavy (non-hydrogen) atoms. The van der Waals surface area contributed by atoms with Gasteiger partial charge in [-0.15, -0.1) is 0 Å². The van der Waals surface area contributed by atoms with E-state index in [1.54, 1.807) is 12.1 Å². The first-order chi connectivity index (χ1) is 8.16. The minimum atomic E-state index is -0.222. The lowest BCUT2D eigenvalue weighted by Crippen LogP contribution is -2.51. The first-order valence-electron chi connectivity index (χ1n) is 5.60. The second-order valence-corrected chi connectivity index (χ2v) is 4.43. The molecule has 1 aromatic carbocycles. The van der Waals surface area contributed by atoms with Crippen molar-refractivity contribution in [3.8, 4) is 0 Å². The molecule has 0 spiro atoms. The number of fused-ring (bicyclic) bond motifs is 1. The van der Waals surface area contributed by atoms with E-state index in [1.807, 2.05) is 6.07 Å². The van der Waals surface area contributed by atoms with Gasteiger partial charge in [0.15, 0.2) is 0 Å². The van der Waals surface area contributed by atoms with E-state index in [9.17, 15) is 9.59 Å². The molecule has 2 N–H and O–H groups in total. The fourth-order valence-corrected chi connectivity index (χ4v) is 2.08. The number of nitrogens with zero attached hydrogens (tertiary/aromatic N) is 1. The number of carbonyl (C=O) groups excluding carboxylic acids is 2. The van der Waals surface area contributed by atoms with E-state index >= 15 is 0 Å². The van der Waals surface area contributed by atoms with Gasteiger partial charge in [0.2, 0.25) is 0 Å². The summed E-state index contributed by atoms with van der Waals surface area (Å²) < 4.78 is 0. The number of hydrogen-bond donors (Lipinski definition) is 2. The van der Waals surface area contributed by atoms with Crippen LogP contribution in [0.4, 0.5) is 5.69 Å². The van der Waals surface area contributed by atoms with Gasteiger partial charge in [0.05, 0.1) is 17.2 Å². The van der Waals surface area contributed by atoms with Crippen LogP contribution in [0, 0.1) is 0 Å². The van der Waals surface area contributed by atoms with Crippen molar-refractivity contribution >= 4 is 17.5 Å². The van der Waals surface area contributed by atoms with E-state index in [2.05, 4.69) is 10.6 Å². The molecule has 0 bridgehead atoms. The van der Waals surface area contributed by atoms with Gasteiger partial charge >= 0.3 is 0 Å². The second kappa shape index (κ2) is 3.56. The molecular weight excluding hydrogens is 218 g/mol. The van der Waals surface area contributed by atoms with Crippen molar-refractivity contribution in [2.75, 3.05) is 25.5 Å². The summed E-state index contributed by atoms with van der Waals surface area (Å²) in [6.45, 7) is 1.87. The smallest absolute Gasteiger partial charge is 0.261 e. The summed E-state index contributed by atoms with van der Waals surface area (Å²) in [7, 11) is 1.51. The number of nitrogens with one attached hydrogen (secondary N) is 2. The molecule has 2 amide bonds. The molecular formula is C12H13N3O2. The summed E-state index contributed by atoms with van der Waals surface area (Å²) in [5, 5.41) is 6.48. The number of rotatable bonds is 2. The van der Waals surface area contributed by atoms with Crippen LogP contribution < -0.4 is 10.6 Å². The Hall–Kier alpha value is -1.88. The van der Waals surface area contributed by atoms with E-state index < -0.39 is 0 Å². The molecule has 0 aliphatic carbocycles. The number of hydrogen-bond acceptors (Lipinski definition) is 4. The van der Waals surface area contributed by atoms with Crippen molar-refractivity contribution in [3.63, 3.8) is 0 Å². The fourth-order valence-electron chi connectivity index (χ4n) is 2.08. The second-order valence-electron chi connectivity index (χ2n) is 4.43. The summed E-state index contributed by atoms with van der Waals surface area (Å²) in [5.41, 5.74) is 1.89. The molecule has 0 radical (unpaired) electrons. The van der Waals surface area contributed by atoms with Gasteiger partial charge in [-0.05, 0) is 18.2 Å². The lowest BCUT2D eigenvalue weighted by molar-refractivity contribution is 0.0693. The third-order valence-corrected chi connectivity index (χ3v) is 3.24. The Morgan fingerprint density at radius 1 is 1.24 bits per heavy atom. The van der Waals surface area contributed by atoms with Crippen LogP contribution >= 0.6 is 0 Å². The predicted octanol–water partition coefficient (Wildman–Crippen LogP) is 0.296. The lowest BCUT2D eigenvalue weighted by Gasteiger charge is -2.29. The molecule has 0 unspecified atom stereocenters. The number of carbonyl (C=O) groups is 2. The quantitative estimate of drug-likeness (QED) is 0.718. The molecule has 0 saturated carbocycles. The number of benzene rings is 1. The summed E-state index contributed by atoms with van der Waals surface area (Å²) in [4.78, 5) is 24.6. The number of imide groups is 1. The van der Waals surface area contributed by atoms with Crippen LogP contribution in [-0.2, 0) is 0 Å². The topological polar surface area (TPSA) is 61.4 Å². The van der Waals surface area contributed by atoms with Gasteiger partial charge in [0, 0.05) is 25.8 Å². The van der Waals surface area contributed by atoms with Crippen LogP contribution in [0.25, 0.3) is 0 Å². The summed E-state index contributed by atoms with van der Waals surface area (Å²) in [6, 6.07) is 5.74. The van der Waals surface area contributed by atoms with Gasteiger partial charge in [0.1, 0.15) is 0 Å². The van der Waals surface area contributed by atoms with Crippen molar-refractivity contribution in [3.05, 3.63) is 29.3 Å². The Bertz CT molecular complexity index is 508. The van der Waals surface area contributed by atoms with E-state index in [-0.39, 0.29) is 11.8 Å². The first kappa shape index (κ1) is 10.3. The van der Waals surface area contributed by atoms with Crippen LogP contribution in [0.1, 0.15) is 20.7 Å². The van der Waals surface area contributed by atoms with Gasteiger partial charge in [-0.1, -0.05) is 0 Å². The summed E-state index contributed by atoms with van der Waals surface area (Å²) in [6.07, 6.45) is 0. The van der Waals surface area contributed by atoms with Crippen molar-refractivity contribution in [1.82, 2.24) is 10.2 Å². The van der Waals surface area contributed by atoms with Gasteiger partial charge < -0.3 is 10.6 Å². The van der Waals surface area contributed by atoms with Crippen LogP contribution in [0.2, 0.25) is 0 Å². The minimum absolute atomic E-state index is 0.220. The predicted molar refractivity (Wildman–Crippen MR) is 63.1 cm³/mol. The highest BCUT2D eigenvalue weighted by atomic mass is 16.2. The summed E-state index contributed by atoms with van der Waals surface area (Å²) >= 11 is 0. The highest BCUT2D eigenvalue weighted by Gasteiger charge is 2.32. The molecule has 88 valence electrons. The van der Waals surface area contributed by atoms with Crippen molar-refractivity contribution in [1.29, 1.82) is 0 Å². The highest BCUT2D eigenvalue weighted by Crippen LogP contribution is 2.25. The molecule has 3 rings (SSSR count). The SMILES string of the molecule is CN1C(=O)c2ccc(NC3CNC3)cc2C1=O. The van der Waals surface area contributed by atoms with Crippen LogP contribution in [-0.4, -0.2) is 42.9 Å². The third kappa shape index (κ3) is 1.51. The number of amides is 2. The van der Waals surface area contributed by atoms with Crippen LogP contribution in [0.5, 0.6) is 0 Å². The normalized spacial score (nSPS) is 19.2. The molecule has 2 heterocycles. The molecule has 1 aromatic rings. The molecule has 1 fully saturated rings. The van der Waals surface area contributed by atoms with E-state index in [1.165, 1.54) is 7.05 Å². The fraction of sp³-hybridized carbons (Fsp3) is 0.333. The van der Waals surface area contributed by atoms with Crippen molar-refractivity contribution < 1.29 is 9.59 Å². The molecule has 2 aliphatic rings. The lowest BCUT2D eigenvalue weighted by atomic mass is 10.1.